The minimum Gasteiger partial charge on any atom is -0.338 e. The van der Waals surface area contributed by atoms with Gasteiger partial charge in [0.05, 0.1) is 11.4 Å². The highest BCUT2D eigenvalue weighted by molar-refractivity contribution is 6.15. The Hall–Kier alpha value is -4.96. The molecule has 0 aromatic heterocycles. The highest BCUT2D eigenvalue weighted by Gasteiger charge is 2.23. The Balaban J connectivity index is 1.84. The molecule has 1 N–H and O–H groups in total. The number of hydrogen-bond donors (Lipinski definition) is 1. The van der Waals surface area contributed by atoms with Gasteiger partial charge < -0.3 is 5.32 Å². The van der Waals surface area contributed by atoms with E-state index in [-0.39, 0.29) is 0 Å². The van der Waals surface area contributed by atoms with Gasteiger partial charge in [0.25, 0.3) is 0 Å². The average Bonchev–Trinajstić information content (AvgIpc) is 3.10. The zero-order chi connectivity index (χ0) is 34.2. The number of amidine groups is 2. The smallest absolute Gasteiger partial charge is 0.161 e. The van der Waals surface area contributed by atoms with E-state index in [0.717, 1.165) is 39.9 Å². The molecule has 0 fully saturated rings. The molecule has 0 radical (unpaired) electrons. The number of para-hydroxylation sites is 3. The lowest BCUT2D eigenvalue weighted by atomic mass is 9.92. The van der Waals surface area contributed by atoms with Gasteiger partial charge in [-0.05, 0) is 58.1 Å². The highest BCUT2D eigenvalue weighted by atomic mass is 15.5. The number of nitrogens with one attached hydrogen (secondary N) is 1. The second-order valence-electron chi connectivity index (χ2n) is 13.6. The summed E-state index contributed by atoms with van der Waals surface area (Å²) < 4.78 is 0. The van der Waals surface area contributed by atoms with Crippen molar-refractivity contribution in [3.05, 3.63) is 161 Å². The molecule has 0 aliphatic carbocycles. The molecule has 0 unspecified atom stereocenters. The van der Waals surface area contributed by atoms with Crippen molar-refractivity contribution in [2.24, 2.45) is 10.1 Å². The van der Waals surface area contributed by atoms with Crippen LogP contribution in [-0.2, 0) is 0 Å². The van der Waals surface area contributed by atoms with Crippen LogP contribution in [0.15, 0.2) is 137 Å². The molecule has 4 heteroatoms. The van der Waals surface area contributed by atoms with Gasteiger partial charge in [-0.15, -0.1) is 5.10 Å². The maximum atomic E-state index is 5.60. The standard InChI is InChI=1S/C44H50N4/c1-30(2)37-26-18-27-38(31(3)4)41(37)45-43(34-20-12-9-13-21-34)47-48(36-24-16-11-17-25-36)44(35-22-14-10-15-23-35)46-42-39(32(5)6)28-19-29-40(42)33(7)8/h9-33H,1-8H3,(H,45,47)/b46-44+. The lowest BCUT2D eigenvalue weighted by Crippen LogP contribution is -2.30. The van der Waals surface area contributed by atoms with Crippen LogP contribution in [-0.4, -0.2) is 11.7 Å². The van der Waals surface area contributed by atoms with Gasteiger partial charge >= 0.3 is 0 Å². The van der Waals surface area contributed by atoms with Crippen molar-refractivity contribution in [1.82, 2.24) is 0 Å². The zero-order valence-corrected chi connectivity index (χ0v) is 29.8. The van der Waals surface area contributed by atoms with Crippen molar-refractivity contribution in [2.45, 2.75) is 79.1 Å². The van der Waals surface area contributed by atoms with Crippen molar-refractivity contribution in [1.29, 1.82) is 0 Å². The van der Waals surface area contributed by atoms with Gasteiger partial charge in [0.2, 0.25) is 0 Å². The van der Waals surface area contributed by atoms with Crippen LogP contribution in [0.3, 0.4) is 0 Å². The molecule has 4 nitrogen and oxygen atoms in total. The summed E-state index contributed by atoms with van der Waals surface area (Å²) in [6, 6.07) is 44.4. The number of rotatable bonds is 10. The van der Waals surface area contributed by atoms with Crippen molar-refractivity contribution < 1.29 is 0 Å². The average molecular weight is 635 g/mol. The Bertz CT molecular complexity index is 1780. The van der Waals surface area contributed by atoms with Gasteiger partial charge in [-0.25, -0.2) is 10.0 Å². The number of benzene rings is 5. The Kier molecular flexibility index (Phi) is 11.3. The van der Waals surface area contributed by atoms with Crippen LogP contribution in [0.2, 0.25) is 0 Å². The van der Waals surface area contributed by atoms with E-state index in [1.54, 1.807) is 0 Å². The first-order valence-corrected chi connectivity index (χ1v) is 17.3. The van der Waals surface area contributed by atoms with Crippen molar-refractivity contribution in [3.8, 4) is 0 Å². The summed E-state index contributed by atoms with van der Waals surface area (Å²) in [7, 11) is 0. The van der Waals surface area contributed by atoms with Crippen LogP contribution in [0.1, 0.15) is 112 Å². The summed E-state index contributed by atoms with van der Waals surface area (Å²) in [6.07, 6.45) is 0. The summed E-state index contributed by atoms with van der Waals surface area (Å²) in [5, 5.41) is 11.4. The minimum atomic E-state index is 0.302. The summed E-state index contributed by atoms with van der Waals surface area (Å²) in [5.41, 5.74) is 10.00. The van der Waals surface area contributed by atoms with Crippen LogP contribution < -0.4 is 10.3 Å². The molecule has 0 atom stereocenters. The fourth-order valence-corrected chi connectivity index (χ4v) is 6.03. The Labute approximate surface area is 288 Å². The molecule has 0 saturated carbocycles. The number of hydrazone groups is 1. The van der Waals surface area contributed by atoms with Crippen molar-refractivity contribution in [3.63, 3.8) is 0 Å². The lowest BCUT2D eigenvalue weighted by molar-refractivity contribution is 0.834. The van der Waals surface area contributed by atoms with E-state index in [1.807, 2.05) is 23.2 Å². The maximum Gasteiger partial charge on any atom is 0.161 e. The monoisotopic (exact) mass is 634 g/mol. The predicted octanol–water partition coefficient (Wildman–Crippen LogP) is 12.2. The molecular weight excluding hydrogens is 585 g/mol. The third kappa shape index (κ3) is 7.94. The highest BCUT2D eigenvalue weighted by Crippen LogP contribution is 2.37. The molecule has 0 amide bonds. The molecule has 0 spiro atoms. The quantitative estimate of drug-likeness (QED) is 0.0943. The van der Waals surface area contributed by atoms with E-state index < -0.39 is 0 Å². The van der Waals surface area contributed by atoms with E-state index in [0.29, 0.717) is 23.7 Å². The Morgan fingerprint density at radius 2 is 0.896 bits per heavy atom. The number of nitrogens with zero attached hydrogens (tertiary/aromatic N) is 3. The first-order chi connectivity index (χ1) is 23.2. The van der Waals surface area contributed by atoms with Crippen LogP contribution in [0.5, 0.6) is 0 Å². The molecule has 0 saturated heterocycles. The molecule has 0 aliphatic rings. The third-order valence-corrected chi connectivity index (χ3v) is 8.66. The van der Waals surface area contributed by atoms with E-state index in [9.17, 15) is 0 Å². The number of anilines is 2. The van der Waals surface area contributed by atoms with Crippen LogP contribution in [0.4, 0.5) is 17.1 Å². The zero-order valence-electron chi connectivity index (χ0n) is 29.8. The normalized spacial score (nSPS) is 12.3. The first kappa shape index (κ1) is 34.4. The van der Waals surface area contributed by atoms with Crippen LogP contribution >= 0.6 is 0 Å². The van der Waals surface area contributed by atoms with Crippen LogP contribution in [0, 0.1) is 0 Å². The molecule has 5 aromatic carbocycles. The molecule has 48 heavy (non-hydrogen) atoms. The molecule has 0 heterocycles. The second kappa shape index (κ2) is 15.8. The first-order valence-electron chi connectivity index (χ1n) is 17.3. The predicted molar refractivity (Wildman–Crippen MR) is 207 cm³/mol. The third-order valence-electron chi connectivity index (χ3n) is 8.66. The van der Waals surface area contributed by atoms with E-state index in [2.05, 4.69) is 170 Å². The molecule has 0 bridgehead atoms. The fourth-order valence-electron chi connectivity index (χ4n) is 6.03. The van der Waals surface area contributed by atoms with E-state index >= 15 is 0 Å². The maximum absolute atomic E-state index is 5.60. The molecule has 246 valence electrons. The van der Waals surface area contributed by atoms with E-state index in [1.165, 1.54) is 22.3 Å². The molecule has 5 rings (SSSR count). The largest absolute Gasteiger partial charge is 0.338 e. The minimum absolute atomic E-state index is 0.302. The molecule has 0 aliphatic heterocycles. The fraction of sp³-hybridized carbons (Fsp3) is 0.273. The number of aliphatic imine (C=N–C) groups is 1. The summed E-state index contributed by atoms with van der Waals surface area (Å²) in [6.45, 7) is 18.0. The van der Waals surface area contributed by atoms with E-state index in [4.69, 9.17) is 10.1 Å². The van der Waals surface area contributed by atoms with Gasteiger partial charge in [0.15, 0.2) is 11.7 Å². The number of hydrogen-bond acceptors (Lipinski definition) is 2. The Morgan fingerprint density at radius 1 is 0.479 bits per heavy atom. The lowest BCUT2D eigenvalue weighted by Gasteiger charge is -2.26. The van der Waals surface area contributed by atoms with Crippen LogP contribution in [0.25, 0.3) is 0 Å². The summed E-state index contributed by atoms with van der Waals surface area (Å²) in [5.74, 6) is 2.77. The van der Waals surface area contributed by atoms with Gasteiger partial charge in [-0.3, -0.25) is 0 Å². The molecular formula is C44H50N4. The summed E-state index contributed by atoms with van der Waals surface area (Å²) in [4.78, 5) is 5.60. The van der Waals surface area contributed by atoms with Crippen molar-refractivity contribution in [2.75, 3.05) is 10.3 Å². The SMILES string of the molecule is CC(C)c1cccc(C(C)C)c1/N=C(\c1ccccc1)N(/N=C(/Nc1c(C(C)C)cccc1C(C)C)c1ccccc1)c1ccccc1. The van der Waals surface area contributed by atoms with Crippen molar-refractivity contribution >= 4 is 28.7 Å². The molecule has 5 aromatic rings. The van der Waals surface area contributed by atoms with Gasteiger partial charge in [-0.1, -0.05) is 171 Å². The topological polar surface area (TPSA) is 40.0 Å². The second-order valence-corrected chi connectivity index (χ2v) is 13.6. The summed E-state index contributed by atoms with van der Waals surface area (Å²) >= 11 is 0. The van der Waals surface area contributed by atoms with Gasteiger partial charge in [0.1, 0.15) is 0 Å². The van der Waals surface area contributed by atoms with Gasteiger partial charge in [-0.2, -0.15) is 0 Å². The van der Waals surface area contributed by atoms with Gasteiger partial charge in [0, 0.05) is 16.8 Å². The Morgan fingerprint density at radius 3 is 1.35 bits per heavy atom.